The first kappa shape index (κ1) is 12.9. The highest BCUT2D eigenvalue weighted by Crippen LogP contribution is 2.37. The zero-order chi connectivity index (χ0) is 13.2. The van der Waals surface area contributed by atoms with Gasteiger partial charge in [-0.3, -0.25) is 9.48 Å². The summed E-state index contributed by atoms with van der Waals surface area (Å²) in [7, 11) is 0. The molecule has 0 aromatic carbocycles. The van der Waals surface area contributed by atoms with Gasteiger partial charge >= 0.3 is 0 Å². The number of hydrogen-bond acceptors (Lipinski definition) is 2. The third-order valence-corrected chi connectivity index (χ3v) is 4.80. The minimum atomic E-state index is 0.236. The molecule has 0 aliphatic heterocycles. The molecule has 2 aliphatic carbocycles. The van der Waals surface area contributed by atoms with Crippen LogP contribution in [0.3, 0.4) is 0 Å². The summed E-state index contributed by atoms with van der Waals surface area (Å²) in [5.41, 5.74) is 0.961. The van der Waals surface area contributed by atoms with Crippen molar-refractivity contribution in [2.24, 2.45) is 11.8 Å². The maximum absolute atomic E-state index is 12.1. The van der Waals surface area contributed by atoms with E-state index in [0.29, 0.717) is 24.2 Å². The van der Waals surface area contributed by atoms with Crippen LogP contribution >= 0.6 is 0 Å². The average molecular weight is 260 g/mol. The van der Waals surface area contributed by atoms with Crippen LogP contribution in [0.4, 0.5) is 0 Å². The van der Waals surface area contributed by atoms with E-state index in [1.807, 2.05) is 6.07 Å². The fourth-order valence-corrected chi connectivity index (χ4v) is 3.22. The second-order valence-corrected chi connectivity index (χ2v) is 6.35. The summed E-state index contributed by atoms with van der Waals surface area (Å²) in [5.74, 6) is 1.27. The van der Waals surface area contributed by atoms with Crippen molar-refractivity contribution in [3.8, 4) is 0 Å². The van der Waals surface area contributed by atoms with Gasteiger partial charge in [0.1, 0.15) is 5.78 Å². The van der Waals surface area contributed by atoms with Crippen LogP contribution in [0, 0.1) is 11.8 Å². The first-order chi connectivity index (χ1) is 9.24. The minimum absolute atomic E-state index is 0.236. The van der Waals surface area contributed by atoms with Crippen LogP contribution in [0.1, 0.15) is 63.6 Å². The lowest BCUT2D eigenvalue weighted by Crippen LogP contribution is -2.17. The Kier molecular flexibility index (Phi) is 3.72. The standard InChI is InChI=1S/C16H24N2O/c1-12(13-7-8-13)16(19)11-14-9-10-18(17-14)15-5-3-2-4-6-15/h9-10,12-13,15H,2-8,11H2,1H3. The predicted octanol–water partition coefficient (Wildman–Crippen LogP) is 3.55. The van der Waals surface area contributed by atoms with Crippen LogP contribution in [0.5, 0.6) is 0 Å². The largest absolute Gasteiger partial charge is 0.299 e. The van der Waals surface area contributed by atoms with Gasteiger partial charge in [0, 0.05) is 12.1 Å². The Morgan fingerprint density at radius 3 is 2.74 bits per heavy atom. The van der Waals surface area contributed by atoms with E-state index in [9.17, 15) is 4.79 Å². The molecule has 0 radical (unpaired) electrons. The number of Topliss-reactive ketones (excluding diaryl/α,β-unsaturated/α-hetero) is 1. The van der Waals surface area contributed by atoms with Crippen LogP contribution in [-0.4, -0.2) is 15.6 Å². The number of ketones is 1. The predicted molar refractivity (Wildman–Crippen MR) is 74.9 cm³/mol. The molecule has 2 fully saturated rings. The van der Waals surface area contributed by atoms with E-state index < -0.39 is 0 Å². The van der Waals surface area contributed by atoms with E-state index in [-0.39, 0.29) is 5.92 Å². The molecule has 1 atom stereocenters. The fraction of sp³-hybridized carbons (Fsp3) is 0.750. The molecular weight excluding hydrogens is 236 g/mol. The maximum atomic E-state index is 12.1. The van der Waals surface area contributed by atoms with Gasteiger partial charge in [0.25, 0.3) is 0 Å². The molecule has 0 spiro atoms. The Hall–Kier alpha value is -1.12. The molecule has 1 aromatic rings. The highest BCUT2D eigenvalue weighted by Gasteiger charge is 2.32. The van der Waals surface area contributed by atoms with Crippen molar-refractivity contribution in [1.82, 2.24) is 9.78 Å². The van der Waals surface area contributed by atoms with Gasteiger partial charge in [-0.1, -0.05) is 26.2 Å². The van der Waals surface area contributed by atoms with Crippen molar-refractivity contribution < 1.29 is 4.79 Å². The van der Waals surface area contributed by atoms with Gasteiger partial charge in [0.05, 0.1) is 18.2 Å². The molecule has 1 unspecified atom stereocenters. The number of carbonyl (C=O) groups excluding carboxylic acids is 1. The first-order valence-corrected chi connectivity index (χ1v) is 7.81. The summed E-state index contributed by atoms with van der Waals surface area (Å²) in [4.78, 5) is 12.1. The Balaban J connectivity index is 1.59. The van der Waals surface area contributed by atoms with Gasteiger partial charge < -0.3 is 0 Å². The van der Waals surface area contributed by atoms with E-state index in [1.54, 1.807) is 0 Å². The normalized spacial score (nSPS) is 22.4. The monoisotopic (exact) mass is 260 g/mol. The second-order valence-electron chi connectivity index (χ2n) is 6.35. The number of nitrogens with zero attached hydrogens (tertiary/aromatic N) is 2. The average Bonchev–Trinajstić information content (AvgIpc) is 3.19. The van der Waals surface area contributed by atoms with E-state index in [0.717, 1.165) is 5.69 Å². The van der Waals surface area contributed by atoms with Gasteiger partial charge in [0.15, 0.2) is 0 Å². The summed E-state index contributed by atoms with van der Waals surface area (Å²) < 4.78 is 2.10. The van der Waals surface area contributed by atoms with E-state index in [1.165, 1.54) is 44.9 Å². The molecule has 2 aliphatic rings. The lowest BCUT2D eigenvalue weighted by molar-refractivity contribution is -0.122. The van der Waals surface area contributed by atoms with Gasteiger partial charge in [-0.05, 0) is 37.7 Å². The molecule has 3 heteroatoms. The van der Waals surface area contributed by atoms with Crippen molar-refractivity contribution in [2.75, 3.05) is 0 Å². The molecule has 2 saturated carbocycles. The summed E-state index contributed by atoms with van der Waals surface area (Å²) in [6, 6.07) is 2.60. The van der Waals surface area contributed by atoms with Gasteiger partial charge in [0.2, 0.25) is 0 Å². The first-order valence-electron chi connectivity index (χ1n) is 7.81. The van der Waals surface area contributed by atoms with Crippen LogP contribution < -0.4 is 0 Å². The number of rotatable bonds is 5. The highest BCUT2D eigenvalue weighted by molar-refractivity contribution is 5.83. The zero-order valence-corrected chi connectivity index (χ0v) is 11.8. The number of carbonyl (C=O) groups is 1. The molecule has 0 amide bonds. The number of aromatic nitrogens is 2. The second kappa shape index (κ2) is 5.48. The lowest BCUT2D eigenvalue weighted by Gasteiger charge is -2.21. The van der Waals surface area contributed by atoms with E-state index in [2.05, 4.69) is 22.9 Å². The third-order valence-electron chi connectivity index (χ3n) is 4.80. The molecule has 3 rings (SSSR count). The summed E-state index contributed by atoms with van der Waals surface area (Å²) in [6.45, 7) is 2.08. The van der Waals surface area contributed by atoms with Crippen LogP contribution in [0.2, 0.25) is 0 Å². The zero-order valence-electron chi connectivity index (χ0n) is 11.8. The van der Waals surface area contributed by atoms with Crippen LogP contribution in [0.25, 0.3) is 0 Å². The summed E-state index contributed by atoms with van der Waals surface area (Å²) in [6.07, 6.45) is 11.6. The van der Waals surface area contributed by atoms with Crippen molar-refractivity contribution in [3.63, 3.8) is 0 Å². The van der Waals surface area contributed by atoms with Crippen molar-refractivity contribution >= 4 is 5.78 Å². The molecular formula is C16H24N2O. The van der Waals surface area contributed by atoms with E-state index >= 15 is 0 Å². The number of hydrogen-bond donors (Lipinski definition) is 0. The molecule has 104 valence electrons. The Morgan fingerprint density at radius 2 is 2.05 bits per heavy atom. The van der Waals surface area contributed by atoms with Crippen LogP contribution in [-0.2, 0) is 11.2 Å². The SMILES string of the molecule is CC(C(=O)Cc1ccn(C2CCCCC2)n1)C1CC1. The van der Waals surface area contributed by atoms with Crippen molar-refractivity contribution in [1.29, 1.82) is 0 Å². The molecule has 19 heavy (non-hydrogen) atoms. The van der Waals surface area contributed by atoms with Gasteiger partial charge in [-0.15, -0.1) is 0 Å². The third kappa shape index (κ3) is 3.07. The Bertz CT molecular complexity index is 441. The summed E-state index contributed by atoms with van der Waals surface area (Å²) >= 11 is 0. The topological polar surface area (TPSA) is 34.9 Å². The lowest BCUT2D eigenvalue weighted by atomic mass is 9.96. The smallest absolute Gasteiger partial charge is 0.141 e. The molecule has 0 saturated heterocycles. The quantitative estimate of drug-likeness (QED) is 0.811. The Morgan fingerprint density at radius 1 is 1.32 bits per heavy atom. The van der Waals surface area contributed by atoms with Crippen molar-refractivity contribution in [3.05, 3.63) is 18.0 Å². The molecule has 0 bridgehead atoms. The minimum Gasteiger partial charge on any atom is -0.299 e. The van der Waals surface area contributed by atoms with Crippen LogP contribution in [0.15, 0.2) is 12.3 Å². The van der Waals surface area contributed by atoms with E-state index in [4.69, 9.17) is 0 Å². The maximum Gasteiger partial charge on any atom is 0.141 e. The molecule has 1 heterocycles. The van der Waals surface area contributed by atoms with Crippen molar-refractivity contribution in [2.45, 2.75) is 64.3 Å². The fourth-order valence-electron chi connectivity index (χ4n) is 3.22. The summed E-state index contributed by atoms with van der Waals surface area (Å²) in [5, 5.41) is 4.63. The molecule has 0 N–H and O–H groups in total. The van der Waals surface area contributed by atoms with Gasteiger partial charge in [-0.25, -0.2) is 0 Å². The molecule has 1 aromatic heterocycles. The Labute approximate surface area is 115 Å². The molecule has 3 nitrogen and oxygen atoms in total. The van der Waals surface area contributed by atoms with Gasteiger partial charge in [-0.2, -0.15) is 5.10 Å². The highest BCUT2D eigenvalue weighted by atomic mass is 16.1.